The summed E-state index contributed by atoms with van der Waals surface area (Å²) in [6.45, 7) is 4.28. The van der Waals surface area contributed by atoms with Crippen LogP contribution in [0.2, 0.25) is 0 Å². The van der Waals surface area contributed by atoms with Gasteiger partial charge in [0.2, 0.25) is 0 Å². The first-order chi connectivity index (χ1) is 10.2. The Morgan fingerprint density at radius 1 is 1.14 bits per heavy atom. The molecule has 3 rings (SSSR count). The highest BCUT2D eigenvalue weighted by atomic mass is 15.1. The van der Waals surface area contributed by atoms with Gasteiger partial charge in [0.1, 0.15) is 0 Å². The Labute approximate surface area is 127 Å². The molecule has 1 N–H and O–H groups in total. The summed E-state index contributed by atoms with van der Waals surface area (Å²) in [6.07, 6.45) is 5.69. The number of nitrogens with zero attached hydrogens (tertiary/aromatic N) is 2. The lowest BCUT2D eigenvalue weighted by molar-refractivity contribution is 0.248. The van der Waals surface area contributed by atoms with Crippen LogP contribution in [0.25, 0.3) is 0 Å². The fraction of sp³-hybridized carbons (Fsp3) is 0.500. The zero-order valence-corrected chi connectivity index (χ0v) is 13.2. The molecule has 2 aromatic rings. The molecule has 1 aromatic heterocycles. The third kappa shape index (κ3) is 2.75. The molecule has 112 valence electrons. The van der Waals surface area contributed by atoms with E-state index in [4.69, 9.17) is 0 Å². The van der Waals surface area contributed by atoms with E-state index in [9.17, 15) is 0 Å². The van der Waals surface area contributed by atoms with E-state index in [0.29, 0.717) is 18.0 Å². The number of nitrogens with one attached hydrogen (secondary N) is 1. The highest BCUT2D eigenvalue weighted by Gasteiger charge is 2.32. The number of hydrogen-bond acceptors (Lipinski definition) is 2. The van der Waals surface area contributed by atoms with Gasteiger partial charge in [-0.25, -0.2) is 4.98 Å². The molecule has 3 atom stereocenters. The van der Waals surface area contributed by atoms with Crippen molar-refractivity contribution < 1.29 is 0 Å². The van der Waals surface area contributed by atoms with Crippen molar-refractivity contribution >= 4 is 0 Å². The van der Waals surface area contributed by atoms with Gasteiger partial charge in [-0.15, -0.1) is 0 Å². The van der Waals surface area contributed by atoms with Crippen LogP contribution in [0.1, 0.15) is 48.2 Å². The summed E-state index contributed by atoms with van der Waals surface area (Å²) in [7, 11) is 2.08. The number of aromatic nitrogens is 2. The molecule has 1 fully saturated rings. The van der Waals surface area contributed by atoms with E-state index < -0.39 is 0 Å². The van der Waals surface area contributed by atoms with Crippen LogP contribution in [-0.2, 0) is 0 Å². The van der Waals surface area contributed by atoms with Gasteiger partial charge in [-0.3, -0.25) is 0 Å². The maximum absolute atomic E-state index is 4.49. The summed E-state index contributed by atoms with van der Waals surface area (Å²) < 4.78 is 2.38. The topological polar surface area (TPSA) is 29.9 Å². The Balaban J connectivity index is 1.87. The maximum Gasteiger partial charge on any atom is 0.0954 e. The molecule has 0 radical (unpaired) electrons. The fourth-order valence-corrected chi connectivity index (χ4v) is 3.67. The van der Waals surface area contributed by atoms with Crippen LogP contribution in [-0.4, -0.2) is 22.6 Å². The zero-order valence-electron chi connectivity index (χ0n) is 13.2. The first-order valence-corrected chi connectivity index (χ1v) is 7.93. The fourth-order valence-electron chi connectivity index (χ4n) is 3.67. The van der Waals surface area contributed by atoms with Gasteiger partial charge in [0.25, 0.3) is 0 Å². The molecule has 1 saturated carbocycles. The SMILES string of the molecule is CNC1CCC(c2ccccc2)CC1n1cnc(C)c1C. The monoisotopic (exact) mass is 283 g/mol. The molecular weight excluding hydrogens is 258 g/mol. The second-order valence-corrected chi connectivity index (χ2v) is 6.21. The van der Waals surface area contributed by atoms with Crippen LogP contribution in [0.5, 0.6) is 0 Å². The summed E-state index contributed by atoms with van der Waals surface area (Å²) in [6, 6.07) is 12.0. The quantitative estimate of drug-likeness (QED) is 0.933. The van der Waals surface area contributed by atoms with E-state index >= 15 is 0 Å². The van der Waals surface area contributed by atoms with Crippen LogP contribution in [0, 0.1) is 13.8 Å². The third-order valence-corrected chi connectivity index (χ3v) is 5.10. The minimum atomic E-state index is 0.496. The van der Waals surface area contributed by atoms with Gasteiger partial charge < -0.3 is 9.88 Å². The second kappa shape index (κ2) is 6.02. The van der Waals surface area contributed by atoms with E-state index in [1.165, 1.54) is 30.5 Å². The Morgan fingerprint density at radius 2 is 1.90 bits per heavy atom. The van der Waals surface area contributed by atoms with Crippen LogP contribution in [0.3, 0.4) is 0 Å². The van der Waals surface area contributed by atoms with Crippen molar-refractivity contribution in [3.63, 3.8) is 0 Å². The van der Waals surface area contributed by atoms with Crippen molar-refractivity contribution in [1.82, 2.24) is 14.9 Å². The highest BCUT2D eigenvalue weighted by molar-refractivity contribution is 5.21. The van der Waals surface area contributed by atoms with Crippen molar-refractivity contribution in [2.45, 2.75) is 51.1 Å². The van der Waals surface area contributed by atoms with Crippen LogP contribution < -0.4 is 5.32 Å². The van der Waals surface area contributed by atoms with E-state index in [1.54, 1.807) is 0 Å². The van der Waals surface area contributed by atoms with Crippen molar-refractivity contribution in [2.24, 2.45) is 0 Å². The van der Waals surface area contributed by atoms with Crippen molar-refractivity contribution in [1.29, 1.82) is 0 Å². The molecule has 3 nitrogen and oxygen atoms in total. The Bertz CT molecular complexity index is 588. The number of hydrogen-bond donors (Lipinski definition) is 1. The molecule has 0 aliphatic heterocycles. The minimum Gasteiger partial charge on any atom is -0.330 e. The predicted molar refractivity (Wildman–Crippen MR) is 86.6 cm³/mol. The number of rotatable bonds is 3. The smallest absolute Gasteiger partial charge is 0.0954 e. The molecule has 0 amide bonds. The lowest BCUT2D eigenvalue weighted by Crippen LogP contribution is -2.39. The number of benzene rings is 1. The molecule has 1 aliphatic rings. The maximum atomic E-state index is 4.49. The van der Waals surface area contributed by atoms with E-state index in [2.05, 4.69) is 66.1 Å². The summed E-state index contributed by atoms with van der Waals surface area (Å²) in [5.41, 5.74) is 3.92. The van der Waals surface area contributed by atoms with Crippen LogP contribution >= 0.6 is 0 Å². The lowest BCUT2D eigenvalue weighted by Gasteiger charge is -2.37. The third-order valence-electron chi connectivity index (χ3n) is 5.10. The Hall–Kier alpha value is -1.61. The van der Waals surface area contributed by atoms with E-state index in [1.807, 2.05) is 6.33 Å². The normalized spacial score (nSPS) is 26.0. The Kier molecular flexibility index (Phi) is 4.11. The standard InChI is InChI=1S/C18H25N3/c1-13-14(2)21(12-20-13)18-11-16(9-10-17(18)19-3)15-7-5-4-6-8-15/h4-8,12,16-19H,9-11H2,1-3H3. The largest absolute Gasteiger partial charge is 0.330 e. The number of imidazole rings is 1. The van der Waals surface area contributed by atoms with Gasteiger partial charge >= 0.3 is 0 Å². The lowest BCUT2D eigenvalue weighted by atomic mass is 9.78. The highest BCUT2D eigenvalue weighted by Crippen LogP contribution is 2.39. The molecule has 1 heterocycles. The van der Waals surface area contributed by atoms with Gasteiger partial charge in [0.15, 0.2) is 0 Å². The molecule has 1 aliphatic carbocycles. The van der Waals surface area contributed by atoms with Gasteiger partial charge in [-0.1, -0.05) is 30.3 Å². The van der Waals surface area contributed by atoms with E-state index in [0.717, 1.165) is 5.69 Å². The molecule has 0 spiro atoms. The average molecular weight is 283 g/mol. The molecule has 0 saturated heterocycles. The Morgan fingerprint density at radius 3 is 2.52 bits per heavy atom. The molecule has 1 aromatic carbocycles. The molecule has 3 heteroatoms. The van der Waals surface area contributed by atoms with Crippen LogP contribution in [0.15, 0.2) is 36.7 Å². The number of likely N-dealkylation sites (N-methyl/N-ethyl adjacent to an activating group) is 1. The molecule has 0 bridgehead atoms. The second-order valence-electron chi connectivity index (χ2n) is 6.21. The van der Waals surface area contributed by atoms with Gasteiger partial charge in [-0.2, -0.15) is 0 Å². The van der Waals surface area contributed by atoms with Gasteiger partial charge in [0, 0.05) is 11.7 Å². The zero-order chi connectivity index (χ0) is 14.8. The molecular formula is C18H25N3. The van der Waals surface area contributed by atoms with Crippen molar-refractivity contribution in [2.75, 3.05) is 7.05 Å². The summed E-state index contributed by atoms with van der Waals surface area (Å²) >= 11 is 0. The first-order valence-electron chi connectivity index (χ1n) is 7.93. The number of aryl methyl sites for hydroxylation is 1. The van der Waals surface area contributed by atoms with Gasteiger partial charge in [0.05, 0.1) is 18.1 Å². The van der Waals surface area contributed by atoms with Gasteiger partial charge in [-0.05, 0) is 51.6 Å². The minimum absolute atomic E-state index is 0.496. The van der Waals surface area contributed by atoms with Crippen molar-refractivity contribution in [3.05, 3.63) is 53.6 Å². The van der Waals surface area contributed by atoms with Crippen LogP contribution in [0.4, 0.5) is 0 Å². The molecule has 3 unspecified atom stereocenters. The average Bonchev–Trinajstić information content (AvgIpc) is 2.87. The summed E-state index contributed by atoms with van der Waals surface area (Å²) in [5, 5.41) is 3.51. The first kappa shape index (κ1) is 14.3. The summed E-state index contributed by atoms with van der Waals surface area (Å²) in [5.74, 6) is 0.655. The summed E-state index contributed by atoms with van der Waals surface area (Å²) in [4.78, 5) is 4.49. The van der Waals surface area contributed by atoms with Crippen molar-refractivity contribution in [3.8, 4) is 0 Å². The molecule has 21 heavy (non-hydrogen) atoms. The predicted octanol–water partition coefficient (Wildman–Crippen LogP) is 3.60. The van der Waals surface area contributed by atoms with E-state index in [-0.39, 0.29) is 0 Å².